The van der Waals surface area contributed by atoms with Crippen LogP contribution in [-0.2, 0) is 25.8 Å². The highest BCUT2D eigenvalue weighted by Gasteiger charge is 2.60. The third-order valence-corrected chi connectivity index (χ3v) is 13.2. The van der Waals surface area contributed by atoms with Crippen molar-refractivity contribution in [2.75, 3.05) is 18.1 Å². The minimum absolute atomic E-state index is 0.0774. The lowest BCUT2D eigenvalue weighted by molar-refractivity contribution is -0.117. The first-order valence-electron chi connectivity index (χ1n) is 5.71. The van der Waals surface area contributed by atoms with Crippen LogP contribution in [0.25, 0.3) is 0 Å². The Kier molecular flexibility index (Phi) is 3.66. The molecule has 0 amide bonds. The molecule has 0 aliphatic carbocycles. The maximum Gasteiger partial charge on any atom is 0.175 e. The first-order chi connectivity index (χ1) is 8.09. The van der Waals surface area contributed by atoms with E-state index in [4.69, 9.17) is 33.7 Å². The Balaban J connectivity index is 1.80. The molecule has 17 heavy (non-hydrogen) atoms. The van der Waals surface area contributed by atoms with Crippen molar-refractivity contribution >= 4 is 47.1 Å². The smallest absolute Gasteiger partial charge is 0.175 e. The van der Waals surface area contributed by atoms with Gasteiger partial charge in [0.15, 0.2) is 4.67 Å². The highest BCUT2D eigenvalue weighted by atomic mass is 33.2. The molecule has 0 aromatic carbocycles. The van der Waals surface area contributed by atoms with E-state index in [1.54, 1.807) is 22.8 Å². The normalized spacial score (nSPS) is 47.7. The van der Waals surface area contributed by atoms with Crippen molar-refractivity contribution in [3.63, 3.8) is 0 Å². The second kappa shape index (κ2) is 4.69. The monoisotopic (exact) mass is 308 g/mol. The second-order valence-electron chi connectivity index (χ2n) is 4.42. The van der Waals surface area contributed by atoms with E-state index in [2.05, 4.69) is 6.92 Å². The Bertz CT molecular complexity index is 361. The van der Waals surface area contributed by atoms with Gasteiger partial charge in [0.25, 0.3) is 0 Å². The van der Waals surface area contributed by atoms with E-state index in [1.807, 2.05) is 0 Å². The minimum Gasteiger partial charge on any atom is -0.374 e. The molecule has 3 aliphatic rings. The van der Waals surface area contributed by atoms with Gasteiger partial charge in [-0.2, -0.15) is 0 Å². The molecule has 0 unspecified atom stereocenters. The van der Waals surface area contributed by atoms with Crippen LogP contribution >= 0.6 is 27.4 Å². The summed E-state index contributed by atoms with van der Waals surface area (Å²) in [6, 6.07) is -0.368. The van der Waals surface area contributed by atoms with Gasteiger partial charge in [0, 0.05) is 17.5 Å². The van der Waals surface area contributed by atoms with Gasteiger partial charge in [0.05, 0.1) is 6.61 Å². The lowest BCUT2D eigenvalue weighted by atomic mass is 9.91. The molecule has 3 heterocycles. The van der Waals surface area contributed by atoms with Crippen molar-refractivity contribution in [2.24, 2.45) is 0 Å². The molecule has 3 fully saturated rings. The van der Waals surface area contributed by atoms with Crippen LogP contribution in [0.15, 0.2) is 0 Å². The van der Waals surface area contributed by atoms with Gasteiger partial charge in [-0.25, -0.2) is 0 Å². The third-order valence-electron chi connectivity index (χ3n) is 3.45. The summed E-state index contributed by atoms with van der Waals surface area (Å²) >= 11 is 9.21. The Morgan fingerprint density at radius 2 is 2.24 bits per heavy atom. The molecule has 8 heteroatoms. The average molecular weight is 308 g/mol. The van der Waals surface area contributed by atoms with E-state index >= 15 is 0 Å². The van der Waals surface area contributed by atoms with Gasteiger partial charge in [-0.15, -0.1) is 0 Å². The second-order valence-corrected chi connectivity index (χ2v) is 15.1. The van der Waals surface area contributed by atoms with Crippen LogP contribution in [0.5, 0.6) is 0 Å². The van der Waals surface area contributed by atoms with Crippen molar-refractivity contribution in [3.05, 3.63) is 0 Å². The summed E-state index contributed by atoms with van der Waals surface area (Å²) in [5, 5.41) is 0. The van der Waals surface area contributed by atoms with Crippen LogP contribution in [0.2, 0.25) is 0 Å². The summed E-state index contributed by atoms with van der Waals surface area (Å²) in [6.07, 6.45) is 0.634. The van der Waals surface area contributed by atoms with Crippen LogP contribution < -0.4 is 0 Å². The summed E-state index contributed by atoms with van der Waals surface area (Å²) in [6.45, 7) is 2.67. The average Bonchev–Trinajstić information content (AvgIpc) is 2.93. The van der Waals surface area contributed by atoms with Gasteiger partial charge in [-0.1, -0.05) is 29.7 Å². The van der Waals surface area contributed by atoms with Gasteiger partial charge in [0.2, 0.25) is 0 Å². The number of ether oxygens (including phenoxy) is 2. The largest absolute Gasteiger partial charge is 0.374 e. The minimum atomic E-state index is -1.79. The van der Waals surface area contributed by atoms with Crippen molar-refractivity contribution in [1.29, 1.82) is 0 Å². The quantitative estimate of drug-likeness (QED) is 0.586. The van der Waals surface area contributed by atoms with Crippen molar-refractivity contribution in [1.82, 2.24) is 0 Å². The molecule has 3 rings (SSSR count). The molecule has 0 aromatic rings. The van der Waals surface area contributed by atoms with Crippen LogP contribution in [-0.4, -0.2) is 49.8 Å². The van der Waals surface area contributed by atoms with Gasteiger partial charge in [-0.05, 0) is 18.2 Å². The number of hydrogen-bond donors (Lipinski definition) is 0. The molecule has 0 spiro atoms. The van der Waals surface area contributed by atoms with Crippen LogP contribution in [0, 0.1) is 0 Å². The zero-order valence-electron chi connectivity index (χ0n) is 9.53. The summed E-state index contributed by atoms with van der Waals surface area (Å²) in [5.41, 5.74) is -0.362. The van der Waals surface area contributed by atoms with Crippen molar-refractivity contribution in [2.45, 2.75) is 37.2 Å². The standard InChI is InChI=1S/C9H14BO3PS3/c1-2-9-5-11-6(8(10)12-9)7(9)13-14(15)16-3-4-17-14/h6-8H,2-5H2,1H3/t6-,7+,8-,9+/m1/s1. The van der Waals surface area contributed by atoms with E-state index in [-0.39, 0.29) is 23.8 Å². The Morgan fingerprint density at radius 3 is 2.82 bits per heavy atom. The molecular weight excluding hydrogens is 294 g/mol. The number of fused-ring (bicyclic) bond motifs is 2. The van der Waals surface area contributed by atoms with Crippen LogP contribution in [0.3, 0.4) is 0 Å². The number of hydrogen-bond acceptors (Lipinski definition) is 6. The van der Waals surface area contributed by atoms with Crippen molar-refractivity contribution < 1.29 is 14.0 Å². The fourth-order valence-electron chi connectivity index (χ4n) is 2.49. The van der Waals surface area contributed by atoms with Crippen LogP contribution in [0.4, 0.5) is 0 Å². The number of rotatable bonds is 3. The zero-order chi connectivity index (χ0) is 12.1. The van der Waals surface area contributed by atoms with Crippen LogP contribution in [0.1, 0.15) is 13.3 Å². The molecule has 94 valence electrons. The lowest BCUT2D eigenvalue weighted by Crippen LogP contribution is -2.40. The summed E-state index contributed by atoms with van der Waals surface area (Å²) in [5.74, 6) is 2.18. The SMILES string of the molecule is [B][C@@H]1O[C@@]2(CC)CO[C@@H]1[C@@H]2OP1(=S)SCCS1. The molecule has 3 aliphatic heterocycles. The predicted molar refractivity (Wildman–Crippen MR) is 77.5 cm³/mol. The third kappa shape index (κ3) is 2.16. The maximum atomic E-state index is 6.23. The highest BCUT2D eigenvalue weighted by Crippen LogP contribution is 2.76. The Hall–Kier alpha value is 1.29. The first kappa shape index (κ1) is 13.3. The Labute approximate surface area is 116 Å². The molecule has 0 N–H and O–H groups in total. The summed E-state index contributed by atoms with van der Waals surface area (Å²) < 4.78 is 16.0. The molecule has 3 saturated heterocycles. The summed E-state index contributed by atoms with van der Waals surface area (Å²) in [4.78, 5) is 0. The molecule has 3 nitrogen and oxygen atoms in total. The first-order valence-corrected chi connectivity index (χ1v) is 11.6. The predicted octanol–water partition coefficient (Wildman–Crippen LogP) is 2.15. The summed E-state index contributed by atoms with van der Waals surface area (Å²) in [7, 11) is 5.93. The highest BCUT2D eigenvalue weighted by molar-refractivity contribution is 9.00. The molecular formula is C9H14BO3PS3. The van der Waals surface area contributed by atoms with E-state index in [1.165, 1.54) is 0 Å². The topological polar surface area (TPSA) is 27.7 Å². The van der Waals surface area contributed by atoms with Gasteiger partial charge < -0.3 is 14.0 Å². The fourth-order valence-corrected chi connectivity index (χ4v) is 11.8. The Morgan fingerprint density at radius 1 is 1.53 bits per heavy atom. The lowest BCUT2D eigenvalue weighted by Gasteiger charge is -2.30. The van der Waals surface area contributed by atoms with Gasteiger partial charge >= 0.3 is 0 Å². The molecule has 0 saturated carbocycles. The zero-order valence-corrected chi connectivity index (χ0v) is 12.9. The fraction of sp³-hybridized carbons (Fsp3) is 1.00. The van der Waals surface area contributed by atoms with Gasteiger partial charge in [0.1, 0.15) is 25.7 Å². The van der Waals surface area contributed by atoms with E-state index in [9.17, 15) is 0 Å². The molecule has 4 atom stereocenters. The van der Waals surface area contributed by atoms with E-state index in [0.29, 0.717) is 6.61 Å². The molecule has 2 radical (unpaired) electrons. The molecule has 2 bridgehead atoms. The van der Waals surface area contributed by atoms with E-state index < -0.39 is 4.67 Å². The molecule has 0 aromatic heterocycles. The van der Waals surface area contributed by atoms with Crippen molar-refractivity contribution in [3.8, 4) is 0 Å². The van der Waals surface area contributed by atoms with E-state index in [0.717, 1.165) is 17.9 Å². The van der Waals surface area contributed by atoms with Gasteiger partial charge in [-0.3, -0.25) is 0 Å². The maximum absolute atomic E-state index is 6.23.